The van der Waals surface area contributed by atoms with Gasteiger partial charge in [0.1, 0.15) is 12.4 Å². The second-order valence-corrected chi connectivity index (χ2v) is 4.97. The lowest BCUT2D eigenvalue weighted by atomic mass is 10.1. The Morgan fingerprint density at radius 1 is 1.25 bits per heavy atom. The van der Waals surface area contributed by atoms with Crippen LogP contribution in [-0.4, -0.2) is 10.9 Å². The van der Waals surface area contributed by atoms with Crippen molar-refractivity contribution in [1.82, 2.24) is 0 Å². The zero-order valence-electron chi connectivity index (χ0n) is 11.4. The average molecular weight is 290 g/mol. The zero-order valence-corrected chi connectivity index (χ0v) is 12.2. The third-order valence-corrected chi connectivity index (χ3v) is 3.38. The highest BCUT2D eigenvalue weighted by molar-refractivity contribution is 6.31. The first-order chi connectivity index (χ1) is 9.61. The molecular weight excluding hydrogens is 274 g/mol. The van der Waals surface area contributed by atoms with Crippen LogP contribution in [-0.2, 0) is 6.61 Å². The van der Waals surface area contributed by atoms with Crippen LogP contribution in [0.2, 0.25) is 5.02 Å². The van der Waals surface area contributed by atoms with Gasteiger partial charge in [0.15, 0.2) is 0 Å². The molecule has 4 heteroatoms. The molecule has 0 aromatic heterocycles. The number of benzene rings is 2. The predicted molar refractivity (Wildman–Crippen MR) is 81.0 cm³/mol. The predicted octanol–water partition coefficient (Wildman–Crippen LogP) is 4.43. The number of aryl methyl sites for hydroxylation is 1. The van der Waals surface area contributed by atoms with Crippen molar-refractivity contribution in [2.24, 2.45) is 5.16 Å². The molecule has 2 aromatic carbocycles. The van der Waals surface area contributed by atoms with E-state index < -0.39 is 0 Å². The Morgan fingerprint density at radius 2 is 2.00 bits per heavy atom. The number of nitrogens with zero attached hydrogens (tertiary/aromatic N) is 1. The molecule has 0 amide bonds. The Kier molecular flexibility index (Phi) is 4.64. The molecule has 0 unspecified atom stereocenters. The number of hydrogen-bond donors (Lipinski definition) is 1. The Labute approximate surface area is 123 Å². The van der Waals surface area contributed by atoms with Gasteiger partial charge < -0.3 is 9.94 Å². The smallest absolute Gasteiger partial charge is 0.128 e. The molecule has 0 aliphatic rings. The molecule has 104 valence electrons. The molecular formula is C16H16ClNO2. The van der Waals surface area contributed by atoms with Crippen LogP contribution in [0.4, 0.5) is 0 Å². The normalized spacial score (nSPS) is 11.4. The number of oxime groups is 1. The molecule has 2 aromatic rings. The first-order valence-corrected chi connectivity index (χ1v) is 6.65. The van der Waals surface area contributed by atoms with E-state index in [9.17, 15) is 0 Å². The van der Waals surface area contributed by atoms with Crippen LogP contribution in [0.25, 0.3) is 0 Å². The summed E-state index contributed by atoms with van der Waals surface area (Å²) in [6.45, 7) is 4.08. The van der Waals surface area contributed by atoms with Gasteiger partial charge in [-0.1, -0.05) is 46.6 Å². The van der Waals surface area contributed by atoms with E-state index in [0.29, 0.717) is 23.1 Å². The number of rotatable bonds is 4. The van der Waals surface area contributed by atoms with E-state index in [2.05, 4.69) is 5.16 Å². The number of halogens is 1. The fourth-order valence-corrected chi connectivity index (χ4v) is 2.07. The van der Waals surface area contributed by atoms with Gasteiger partial charge in [-0.05, 0) is 32.0 Å². The van der Waals surface area contributed by atoms with Gasteiger partial charge in [-0.2, -0.15) is 0 Å². The zero-order chi connectivity index (χ0) is 14.5. The molecule has 0 heterocycles. The fraction of sp³-hybridized carbons (Fsp3) is 0.188. The monoisotopic (exact) mass is 289 g/mol. The van der Waals surface area contributed by atoms with Gasteiger partial charge in [-0.3, -0.25) is 0 Å². The average Bonchev–Trinajstić information content (AvgIpc) is 2.46. The van der Waals surface area contributed by atoms with Gasteiger partial charge in [0.2, 0.25) is 0 Å². The molecule has 2 rings (SSSR count). The van der Waals surface area contributed by atoms with E-state index >= 15 is 0 Å². The van der Waals surface area contributed by atoms with Crippen molar-refractivity contribution in [3.05, 3.63) is 64.2 Å². The molecule has 0 spiro atoms. The molecule has 0 fully saturated rings. The van der Waals surface area contributed by atoms with Crippen LogP contribution < -0.4 is 4.74 Å². The lowest BCUT2D eigenvalue weighted by Crippen LogP contribution is -2.03. The van der Waals surface area contributed by atoms with Crippen molar-refractivity contribution in [2.45, 2.75) is 20.5 Å². The summed E-state index contributed by atoms with van der Waals surface area (Å²) in [6, 6.07) is 13.3. The summed E-state index contributed by atoms with van der Waals surface area (Å²) in [5.74, 6) is 0.672. The van der Waals surface area contributed by atoms with Crippen molar-refractivity contribution in [3.63, 3.8) is 0 Å². The van der Waals surface area contributed by atoms with Crippen LogP contribution in [0.15, 0.2) is 47.6 Å². The first-order valence-electron chi connectivity index (χ1n) is 6.27. The van der Waals surface area contributed by atoms with E-state index in [1.165, 1.54) is 0 Å². The third-order valence-electron chi connectivity index (χ3n) is 3.02. The summed E-state index contributed by atoms with van der Waals surface area (Å²) < 4.78 is 5.81. The molecule has 0 saturated heterocycles. The summed E-state index contributed by atoms with van der Waals surface area (Å²) in [6.07, 6.45) is 0. The molecule has 0 radical (unpaired) electrons. The molecule has 0 bridgehead atoms. The Bertz CT molecular complexity index is 638. The summed E-state index contributed by atoms with van der Waals surface area (Å²) in [7, 11) is 0. The molecule has 0 aliphatic carbocycles. The van der Waals surface area contributed by atoms with Gasteiger partial charge in [0.05, 0.1) is 5.71 Å². The molecule has 0 saturated carbocycles. The summed E-state index contributed by atoms with van der Waals surface area (Å²) in [5, 5.41) is 12.9. The summed E-state index contributed by atoms with van der Waals surface area (Å²) in [4.78, 5) is 0. The second kappa shape index (κ2) is 6.44. The second-order valence-electron chi connectivity index (χ2n) is 4.57. The van der Waals surface area contributed by atoms with Crippen molar-refractivity contribution < 1.29 is 9.94 Å². The topological polar surface area (TPSA) is 41.8 Å². The van der Waals surface area contributed by atoms with Crippen LogP contribution >= 0.6 is 11.6 Å². The van der Waals surface area contributed by atoms with Gasteiger partial charge >= 0.3 is 0 Å². The SMILES string of the molecule is C/C(=N\O)c1cc(C)ccc1OCc1ccccc1Cl. The lowest BCUT2D eigenvalue weighted by molar-refractivity contribution is 0.303. The van der Waals surface area contributed by atoms with Crippen LogP contribution in [0.5, 0.6) is 5.75 Å². The molecule has 20 heavy (non-hydrogen) atoms. The fourth-order valence-electron chi connectivity index (χ4n) is 1.88. The van der Waals surface area contributed by atoms with E-state index in [4.69, 9.17) is 21.5 Å². The Balaban J connectivity index is 2.24. The minimum absolute atomic E-state index is 0.369. The van der Waals surface area contributed by atoms with Gasteiger partial charge in [-0.15, -0.1) is 0 Å². The first kappa shape index (κ1) is 14.4. The van der Waals surface area contributed by atoms with Crippen LogP contribution in [0.3, 0.4) is 0 Å². The highest BCUT2D eigenvalue weighted by atomic mass is 35.5. The minimum atomic E-state index is 0.369. The van der Waals surface area contributed by atoms with Gasteiger partial charge in [0, 0.05) is 16.1 Å². The van der Waals surface area contributed by atoms with E-state index in [1.807, 2.05) is 49.4 Å². The molecule has 1 N–H and O–H groups in total. The van der Waals surface area contributed by atoms with Crippen LogP contribution in [0, 0.1) is 6.92 Å². The Hall–Kier alpha value is -2.00. The highest BCUT2D eigenvalue weighted by Crippen LogP contribution is 2.23. The number of hydrogen-bond acceptors (Lipinski definition) is 3. The van der Waals surface area contributed by atoms with Crippen molar-refractivity contribution in [2.75, 3.05) is 0 Å². The van der Waals surface area contributed by atoms with E-state index in [0.717, 1.165) is 16.7 Å². The standard InChI is InChI=1S/C16H16ClNO2/c1-11-7-8-16(14(9-11)12(2)18-19)20-10-13-5-3-4-6-15(13)17/h3-9,19H,10H2,1-2H3/b18-12+. The molecule has 0 aliphatic heterocycles. The largest absolute Gasteiger partial charge is 0.488 e. The minimum Gasteiger partial charge on any atom is -0.488 e. The van der Waals surface area contributed by atoms with E-state index in [-0.39, 0.29) is 0 Å². The lowest BCUT2D eigenvalue weighted by Gasteiger charge is -2.12. The van der Waals surface area contributed by atoms with Gasteiger partial charge in [-0.25, -0.2) is 0 Å². The maximum atomic E-state index is 8.94. The van der Waals surface area contributed by atoms with Crippen molar-refractivity contribution in [3.8, 4) is 5.75 Å². The van der Waals surface area contributed by atoms with Crippen LogP contribution in [0.1, 0.15) is 23.6 Å². The number of ether oxygens (including phenoxy) is 1. The maximum Gasteiger partial charge on any atom is 0.128 e. The van der Waals surface area contributed by atoms with E-state index in [1.54, 1.807) is 6.92 Å². The van der Waals surface area contributed by atoms with Crippen molar-refractivity contribution >= 4 is 17.3 Å². The quantitative estimate of drug-likeness (QED) is 0.514. The molecule has 3 nitrogen and oxygen atoms in total. The Morgan fingerprint density at radius 3 is 2.70 bits per heavy atom. The highest BCUT2D eigenvalue weighted by Gasteiger charge is 2.09. The summed E-state index contributed by atoms with van der Waals surface area (Å²) in [5.41, 5.74) is 3.29. The maximum absolute atomic E-state index is 8.94. The summed E-state index contributed by atoms with van der Waals surface area (Å²) >= 11 is 6.10. The molecule has 0 atom stereocenters. The third kappa shape index (κ3) is 3.31. The van der Waals surface area contributed by atoms with Crippen molar-refractivity contribution in [1.29, 1.82) is 0 Å². The van der Waals surface area contributed by atoms with Gasteiger partial charge in [0.25, 0.3) is 0 Å².